The molecule has 3 atom stereocenters. The van der Waals surface area contributed by atoms with Crippen molar-refractivity contribution in [3.05, 3.63) is 6.33 Å². The molecule has 3 rings (SSSR count). The molecule has 0 bridgehead atoms. The van der Waals surface area contributed by atoms with Gasteiger partial charge in [0.25, 0.3) is 0 Å². The molecule has 8 nitrogen and oxygen atoms in total. The van der Waals surface area contributed by atoms with Crippen LogP contribution in [0.5, 0.6) is 0 Å². The Morgan fingerprint density at radius 2 is 2.18 bits per heavy atom. The largest absolute Gasteiger partial charge is 0.394 e. The minimum Gasteiger partial charge on any atom is -0.394 e. The van der Waals surface area contributed by atoms with Gasteiger partial charge in [0.05, 0.1) is 19.0 Å². The Balaban J connectivity index is 0.000000847. The third-order valence-corrected chi connectivity index (χ3v) is 3.61. The Bertz CT molecular complexity index is 629. The molecule has 0 amide bonds. The highest BCUT2D eigenvalue weighted by atomic mass is 16.5. The molecular weight excluding hydrogens is 284 g/mol. The van der Waals surface area contributed by atoms with Gasteiger partial charge in [0.2, 0.25) is 5.95 Å². The Labute approximate surface area is 129 Å². The number of imidazole rings is 1. The van der Waals surface area contributed by atoms with Gasteiger partial charge in [-0.2, -0.15) is 9.97 Å². The van der Waals surface area contributed by atoms with E-state index in [0.29, 0.717) is 17.0 Å². The van der Waals surface area contributed by atoms with Crippen molar-refractivity contribution in [1.82, 2.24) is 19.5 Å². The lowest BCUT2D eigenvalue weighted by atomic mass is 10.1. The SMILES string of the molecule is CC.CNc1nc(N)nc2c1ncn2[C@@H]1O[C@H](CO)C[C@@H]1C. The van der Waals surface area contributed by atoms with Crippen LogP contribution in [-0.4, -0.2) is 44.4 Å². The van der Waals surface area contributed by atoms with E-state index in [1.54, 1.807) is 13.4 Å². The van der Waals surface area contributed by atoms with Crippen LogP contribution in [-0.2, 0) is 4.74 Å². The molecule has 0 radical (unpaired) electrons. The highest BCUT2D eigenvalue weighted by molar-refractivity contribution is 5.84. The zero-order chi connectivity index (χ0) is 16.3. The quantitative estimate of drug-likeness (QED) is 0.785. The third-order valence-electron chi connectivity index (χ3n) is 3.61. The van der Waals surface area contributed by atoms with Gasteiger partial charge in [0.1, 0.15) is 6.23 Å². The van der Waals surface area contributed by atoms with E-state index in [1.807, 2.05) is 18.4 Å². The van der Waals surface area contributed by atoms with Gasteiger partial charge in [-0.05, 0) is 6.42 Å². The van der Waals surface area contributed by atoms with Crippen molar-refractivity contribution in [3.8, 4) is 0 Å². The maximum Gasteiger partial charge on any atom is 0.224 e. The molecule has 0 unspecified atom stereocenters. The van der Waals surface area contributed by atoms with Gasteiger partial charge < -0.3 is 20.9 Å². The van der Waals surface area contributed by atoms with E-state index in [0.717, 1.165) is 6.42 Å². The number of fused-ring (bicyclic) bond motifs is 1. The van der Waals surface area contributed by atoms with Gasteiger partial charge in [-0.25, -0.2) is 4.98 Å². The monoisotopic (exact) mass is 308 g/mol. The van der Waals surface area contributed by atoms with Gasteiger partial charge in [-0.15, -0.1) is 0 Å². The van der Waals surface area contributed by atoms with Gasteiger partial charge in [-0.1, -0.05) is 20.8 Å². The fourth-order valence-corrected chi connectivity index (χ4v) is 2.67. The normalized spacial score (nSPS) is 24.1. The Kier molecular flexibility index (Phi) is 5.15. The van der Waals surface area contributed by atoms with Gasteiger partial charge >= 0.3 is 0 Å². The van der Waals surface area contributed by atoms with E-state index >= 15 is 0 Å². The number of nitrogens with two attached hydrogens (primary N) is 1. The summed E-state index contributed by atoms with van der Waals surface area (Å²) >= 11 is 0. The lowest BCUT2D eigenvalue weighted by Crippen LogP contribution is -2.15. The zero-order valence-corrected chi connectivity index (χ0v) is 13.4. The summed E-state index contributed by atoms with van der Waals surface area (Å²) in [5.41, 5.74) is 7.02. The first-order valence-electron chi connectivity index (χ1n) is 7.58. The van der Waals surface area contributed by atoms with Crippen molar-refractivity contribution >= 4 is 22.9 Å². The van der Waals surface area contributed by atoms with Crippen LogP contribution in [0.1, 0.15) is 33.4 Å². The smallest absolute Gasteiger partial charge is 0.224 e. The molecule has 122 valence electrons. The van der Waals surface area contributed by atoms with Crippen molar-refractivity contribution in [2.24, 2.45) is 5.92 Å². The molecule has 0 aliphatic carbocycles. The van der Waals surface area contributed by atoms with E-state index in [2.05, 4.69) is 27.2 Å². The van der Waals surface area contributed by atoms with Crippen LogP contribution in [0.15, 0.2) is 6.33 Å². The number of aliphatic hydroxyl groups excluding tert-OH is 1. The van der Waals surface area contributed by atoms with Crippen LogP contribution in [0, 0.1) is 5.92 Å². The third kappa shape index (κ3) is 2.84. The van der Waals surface area contributed by atoms with Crippen molar-refractivity contribution in [3.63, 3.8) is 0 Å². The van der Waals surface area contributed by atoms with Crippen LogP contribution in [0.25, 0.3) is 11.2 Å². The molecule has 0 saturated carbocycles. The van der Waals surface area contributed by atoms with Crippen molar-refractivity contribution in [2.75, 3.05) is 24.7 Å². The van der Waals surface area contributed by atoms with Gasteiger partial charge in [-0.3, -0.25) is 4.57 Å². The fourth-order valence-electron chi connectivity index (χ4n) is 2.67. The fraction of sp³-hybridized carbons (Fsp3) is 0.643. The summed E-state index contributed by atoms with van der Waals surface area (Å²) in [5, 5.41) is 12.2. The summed E-state index contributed by atoms with van der Waals surface area (Å²) < 4.78 is 7.70. The Hall–Kier alpha value is -1.93. The highest BCUT2D eigenvalue weighted by Gasteiger charge is 2.34. The number of aromatic nitrogens is 4. The lowest BCUT2D eigenvalue weighted by Gasteiger charge is -2.17. The van der Waals surface area contributed by atoms with E-state index in [1.165, 1.54) is 0 Å². The number of ether oxygens (including phenoxy) is 1. The first kappa shape index (κ1) is 16.4. The van der Waals surface area contributed by atoms with Crippen LogP contribution in [0.4, 0.5) is 11.8 Å². The van der Waals surface area contributed by atoms with Gasteiger partial charge in [0, 0.05) is 13.0 Å². The number of nitrogens with zero attached hydrogens (tertiary/aromatic N) is 4. The summed E-state index contributed by atoms with van der Waals surface area (Å²) in [6, 6.07) is 0. The molecule has 1 fully saturated rings. The minimum atomic E-state index is -0.198. The molecule has 2 aromatic heterocycles. The molecule has 1 aliphatic rings. The topological polar surface area (TPSA) is 111 Å². The van der Waals surface area contributed by atoms with Crippen molar-refractivity contribution in [1.29, 1.82) is 0 Å². The lowest BCUT2D eigenvalue weighted by molar-refractivity contribution is -0.0294. The number of rotatable bonds is 3. The second-order valence-corrected chi connectivity index (χ2v) is 5.05. The Morgan fingerprint density at radius 3 is 2.77 bits per heavy atom. The number of nitrogens with one attached hydrogen (secondary N) is 1. The number of hydrogen-bond acceptors (Lipinski definition) is 7. The van der Waals surface area contributed by atoms with Crippen LogP contribution >= 0.6 is 0 Å². The van der Waals surface area contributed by atoms with Crippen LogP contribution in [0.2, 0.25) is 0 Å². The van der Waals surface area contributed by atoms with E-state index < -0.39 is 0 Å². The predicted octanol–water partition coefficient (Wildman–Crippen LogP) is 1.39. The summed E-state index contributed by atoms with van der Waals surface area (Å²) in [6.45, 7) is 6.10. The number of hydrogen-bond donors (Lipinski definition) is 3. The van der Waals surface area contributed by atoms with E-state index in [4.69, 9.17) is 10.5 Å². The minimum absolute atomic E-state index is 0.0202. The molecule has 1 saturated heterocycles. The molecule has 0 aromatic carbocycles. The first-order valence-corrected chi connectivity index (χ1v) is 7.58. The summed E-state index contributed by atoms with van der Waals surface area (Å²) in [7, 11) is 1.76. The standard InChI is InChI=1S/C12H18N6O2.C2H6/c1-6-3-7(4-19)20-11(6)18-5-15-8-9(14-2)16-12(13)17-10(8)18;1-2/h5-7,11,19H,3-4H2,1-2H3,(H3,13,14,16,17);1-2H3/t6-,7-,11+;/m0./s1. The second kappa shape index (κ2) is 6.89. The second-order valence-electron chi connectivity index (χ2n) is 5.05. The summed E-state index contributed by atoms with van der Waals surface area (Å²) in [4.78, 5) is 12.7. The predicted molar refractivity (Wildman–Crippen MR) is 85.4 cm³/mol. The van der Waals surface area contributed by atoms with Crippen LogP contribution < -0.4 is 11.1 Å². The van der Waals surface area contributed by atoms with Crippen molar-refractivity contribution in [2.45, 2.75) is 39.5 Å². The molecule has 0 spiro atoms. The van der Waals surface area contributed by atoms with E-state index in [9.17, 15) is 5.11 Å². The molecular formula is C14H24N6O2. The zero-order valence-electron chi connectivity index (χ0n) is 13.4. The molecule has 4 N–H and O–H groups in total. The molecule has 3 heterocycles. The van der Waals surface area contributed by atoms with Crippen LogP contribution in [0.3, 0.4) is 0 Å². The average Bonchev–Trinajstić information content (AvgIpc) is 3.11. The number of aliphatic hydroxyl groups is 1. The Morgan fingerprint density at radius 1 is 1.45 bits per heavy atom. The maximum atomic E-state index is 9.23. The molecule has 22 heavy (non-hydrogen) atoms. The summed E-state index contributed by atoms with van der Waals surface area (Å²) in [5.74, 6) is 1.04. The molecule has 2 aromatic rings. The molecule has 1 aliphatic heterocycles. The molecule has 8 heteroatoms. The number of nitrogen functional groups attached to an aromatic ring is 1. The van der Waals surface area contributed by atoms with Crippen molar-refractivity contribution < 1.29 is 9.84 Å². The average molecular weight is 308 g/mol. The maximum absolute atomic E-state index is 9.23. The van der Waals surface area contributed by atoms with E-state index in [-0.39, 0.29) is 30.8 Å². The van der Waals surface area contributed by atoms with Gasteiger partial charge in [0.15, 0.2) is 17.0 Å². The highest BCUT2D eigenvalue weighted by Crippen LogP contribution is 2.36. The summed E-state index contributed by atoms with van der Waals surface area (Å²) in [6.07, 6.45) is 2.15. The number of anilines is 2. The first-order chi connectivity index (χ1) is 10.6.